The minimum atomic E-state index is -0.620. The molecule has 0 saturated heterocycles. The molecule has 0 aromatic heterocycles. The van der Waals surface area contributed by atoms with Crippen molar-refractivity contribution in [1.29, 1.82) is 0 Å². The molecular formula is C8H2Br2O3. The van der Waals surface area contributed by atoms with Crippen LogP contribution in [0.1, 0.15) is 20.7 Å². The molecule has 1 heterocycles. The zero-order chi connectivity index (χ0) is 9.59. The highest BCUT2D eigenvalue weighted by Crippen LogP contribution is 2.31. The van der Waals surface area contributed by atoms with Crippen molar-refractivity contribution < 1.29 is 14.3 Å². The van der Waals surface area contributed by atoms with Gasteiger partial charge in [-0.2, -0.15) is 0 Å². The largest absolute Gasteiger partial charge is 0.386 e. The van der Waals surface area contributed by atoms with Gasteiger partial charge < -0.3 is 4.74 Å². The van der Waals surface area contributed by atoms with E-state index in [-0.39, 0.29) is 0 Å². The Balaban J connectivity index is 2.76. The first-order valence-corrected chi connectivity index (χ1v) is 4.94. The Bertz CT molecular complexity index is 426. The average Bonchev–Trinajstić information content (AvgIpc) is 2.07. The molecule has 2 bridgehead atoms. The maximum Gasteiger partial charge on any atom is 0.347 e. The molecule has 0 atom stereocenters. The van der Waals surface area contributed by atoms with Crippen LogP contribution in [0.4, 0.5) is 0 Å². The van der Waals surface area contributed by atoms with Gasteiger partial charge in [0, 0.05) is 8.95 Å². The van der Waals surface area contributed by atoms with E-state index in [0.29, 0.717) is 20.1 Å². The fourth-order valence-corrected chi connectivity index (χ4v) is 1.90. The van der Waals surface area contributed by atoms with E-state index < -0.39 is 11.9 Å². The highest BCUT2D eigenvalue weighted by Gasteiger charge is 2.26. The van der Waals surface area contributed by atoms with Gasteiger partial charge in [-0.25, -0.2) is 9.59 Å². The van der Waals surface area contributed by atoms with Crippen LogP contribution in [0.15, 0.2) is 21.1 Å². The van der Waals surface area contributed by atoms with Crippen molar-refractivity contribution in [1.82, 2.24) is 0 Å². The number of carbonyl (C=O) groups is 2. The second kappa shape index (κ2) is 2.92. The van der Waals surface area contributed by atoms with Gasteiger partial charge in [0.05, 0.1) is 11.1 Å². The van der Waals surface area contributed by atoms with Crippen LogP contribution in [0, 0.1) is 0 Å². The van der Waals surface area contributed by atoms with Crippen LogP contribution in [0.3, 0.4) is 0 Å². The first-order valence-electron chi connectivity index (χ1n) is 3.35. The molecule has 0 spiro atoms. The first kappa shape index (κ1) is 8.90. The lowest BCUT2D eigenvalue weighted by molar-refractivity contribution is 0.0384. The molecule has 5 heteroatoms. The van der Waals surface area contributed by atoms with Gasteiger partial charge in [-0.15, -0.1) is 0 Å². The maximum absolute atomic E-state index is 11.1. The van der Waals surface area contributed by atoms with Crippen LogP contribution >= 0.6 is 31.9 Å². The Morgan fingerprint density at radius 1 is 1.08 bits per heavy atom. The third-order valence-electron chi connectivity index (χ3n) is 1.67. The zero-order valence-corrected chi connectivity index (χ0v) is 9.31. The van der Waals surface area contributed by atoms with Gasteiger partial charge in [-0.1, -0.05) is 0 Å². The quantitative estimate of drug-likeness (QED) is 0.546. The summed E-state index contributed by atoms with van der Waals surface area (Å²) in [6, 6.07) is 3.10. The molecule has 1 aromatic carbocycles. The Morgan fingerprint density at radius 2 is 1.77 bits per heavy atom. The maximum atomic E-state index is 11.1. The van der Waals surface area contributed by atoms with Crippen molar-refractivity contribution in [2.24, 2.45) is 0 Å². The summed E-state index contributed by atoms with van der Waals surface area (Å²) in [5.41, 5.74) is 0.744. The number of cyclic esters (lactones) is 2. The summed E-state index contributed by atoms with van der Waals surface area (Å²) in [5, 5.41) is 0. The molecule has 0 N–H and O–H groups in total. The lowest BCUT2D eigenvalue weighted by Crippen LogP contribution is -2.19. The van der Waals surface area contributed by atoms with Crippen molar-refractivity contribution in [3.63, 3.8) is 0 Å². The molecule has 0 saturated carbocycles. The zero-order valence-electron chi connectivity index (χ0n) is 6.14. The number of hydrogen-bond acceptors (Lipinski definition) is 3. The van der Waals surface area contributed by atoms with Crippen LogP contribution in [-0.4, -0.2) is 11.9 Å². The lowest BCUT2D eigenvalue weighted by atomic mass is 10.1. The number of esters is 2. The molecule has 1 aromatic rings. The van der Waals surface area contributed by atoms with Gasteiger partial charge in [0.15, 0.2) is 0 Å². The van der Waals surface area contributed by atoms with E-state index in [1.807, 2.05) is 0 Å². The fourth-order valence-electron chi connectivity index (χ4n) is 1.05. The molecule has 13 heavy (non-hydrogen) atoms. The summed E-state index contributed by atoms with van der Waals surface area (Å²) < 4.78 is 5.75. The van der Waals surface area contributed by atoms with E-state index >= 15 is 0 Å². The second-order valence-corrected chi connectivity index (χ2v) is 4.14. The van der Waals surface area contributed by atoms with Crippen molar-refractivity contribution in [2.45, 2.75) is 0 Å². The van der Waals surface area contributed by atoms with E-state index in [1.54, 1.807) is 6.07 Å². The number of benzene rings is 1. The van der Waals surface area contributed by atoms with Crippen LogP contribution in [0.2, 0.25) is 0 Å². The molecule has 1 aliphatic heterocycles. The second-order valence-electron chi connectivity index (χ2n) is 2.50. The van der Waals surface area contributed by atoms with Crippen LogP contribution < -0.4 is 0 Å². The molecule has 2 rings (SSSR count). The monoisotopic (exact) mass is 304 g/mol. The summed E-state index contributed by atoms with van der Waals surface area (Å²) in [6.45, 7) is 0. The summed E-state index contributed by atoms with van der Waals surface area (Å²) in [5.74, 6) is -1.23. The van der Waals surface area contributed by atoms with E-state index in [2.05, 4.69) is 36.6 Å². The molecule has 0 unspecified atom stereocenters. The molecule has 1 aliphatic rings. The van der Waals surface area contributed by atoms with Crippen LogP contribution in [-0.2, 0) is 4.74 Å². The Kier molecular flexibility index (Phi) is 2.00. The van der Waals surface area contributed by atoms with Gasteiger partial charge >= 0.3 is 11.9 Å². The normalized spacial score (nSPS) is 14.3. The van der Waals surface area contributed by atoms with Crippen molar-refractivity contribution in [2.75, 3.05) is 0 Å². The number of hydrogen-bond donors (Lipinski definition) is 0. The first-order chi connectivity index (χ1) is 6.09. The topological polar surface area (TPSA) is 43.4 Å². The average molecular weight is 306 g/mol. The SMILES string of the molecule is O=C1OC(=O)c2cc1cc(Br)c2Br. The summed E-state index contributed by atoms with van der Waals surface area (Å²) in [7, 11) is 0. The Morgan fingerprint density at radius 3 is 2.46 bits per heavy atom. The molecule has 0 fully saturated rings. The highest BCUT2D eigenvalue weighted by molar-refractivity contribution is 9.13. The summed E-state index contributed by atoms with van der Waals surface area (Å²) >= 11 is 6.43. The van der Waals surface area contributed by atoms with E-state index in [4.69, 9.17) is 0 Å². The minimum absolute atomic E-state index is 0.365. The van der Waals surface area contributed by atoms with Gasteiger partial charge in [-0.05, 0) is 44.0 Å². The molecule has 0 radical (unpaired) electrons. The highest BCUT2D eigenvalue weighted by atomic mass is 79.9. The predicted molar refractivity (Wildman–Crippen MR) is 51.6 cm³/mol. The van der Waals surface area contributed by atoms with Crippen LogP contribution in [0.5, 0.6) is 0 Å². The van der Waals surface area contributed by atoms with E-state index in [1.165, 1.54) is 6.07 Å². The molecule has 0 aliphatic carbocycles. The number of fused-ring (bicyclic) bond motifs is 2. The third kappa shape index (κ3) is 1.32. The number of halogens is 2. The van der Waals surface area contributed by atoms with Crippen molar-refractivity contribution in [3.05, 3.63) is 32.2 Å². The Labute approximate surface area is 90.3 Å². The van der Waals surface area contributed by atoms with Crippen LogP contribution in [0.25, 0.3) is 0 Å². The predicted octanol–water partition coefficient (Wildman–Crippen LogP) is 2.52. The van der Waals surface area contributed by atoms with Gasteiger partial charge in [0.2, 0.25) is 0 Å². The van der Waals surface area contributed by atoms with Gasteiger partial charge in [0.1, 0.15) is 0 Å². The third-order valence-corrected chi connectivity index (χ3v) is 3.68. The summed E-state index contributed by atoms with van der Waals surface area (Å²) in [4.78, 5) is 22.2. The number of ether oxygens (including phenoxy) is 1. The molecular weight excluding hydrogens is 304 g/mol. The smallest absolute Gasteiger partial charge is 0.347 e. The van der Waals surface area contributed by atoms with E-state index in [9.17, 15) is 9.59 Å². The fraction of sp³-hybridized carbons (Fsp3) is 0. The molecule has 3 nitrogen and oxygen atoms in total. The minimum Gasteiger partial charge on any atom is -0.386 e. The van der Waals surface area contributed by atoms with E-state index in [0.717, 1.165) is 0 Å². The van der Waals surface area contributed by atoms with Crippen molar-refractivity contribution in [3.8, 4) is 0 Å². The van der Waals surface area contributed by atoms with Gasteiger partial charge in [0.25, 0.3) is 0 Å². The Hall–Kier alpha value is -0.680. The molecule has 66 valence electrons. The standard InChI is InChI=1S/C8H2Br2O3/c9-5-2-3-1-4(6(5)10)8(12)13-7(3)11/h1-2H. The number of rotatable bonds is 0. The summed E-state index contributed by atoms with van der Waals surface area (Å²) in [6.07, 6.45) is 0. The lowest BCUT2D eigenvalue weighted by Gasteiger charge is -2.13. The van der Waals surface area contributed by atoms with Gasteiger partial charge in [-0.3, -0.25) is 0 Å². The number of carbonyl (C=O) groups excluding carboxylic acids is 2. The van der Waals surface area contributed by atoms with Crippen molar-refractivity contribution >= 4 is 43.8 Å². The molecule has 0 amide bonds.